The van der Waals surface area contributed by atoms with Crippen LogP contribution in [0.15, 0.2) is 45.7 Å². The fourth-order valence-electron chi connectivity index (χ4n) is 4.10. The Hall–Kier alpha value is -2.39. The van der Waals surface area contributed by atoms with E-state index in [1.807, 2.05) is 0 Å². The number of nitrogens with zero attached hydrogens (tertiary/aromatic N) is 3. The van der Waals surface area contributed by atoms with Gasteiger partial charge in [-0.05, 0) is 45.2 Å². The zero-order valence-electron chi connectivity index (χ0n) is 16.8. The van der Waals surface area contributed by atoms with Gasteiger partial charge in [0.1, 0.15) is 5.60 Å². The molecule has 0 saturated heterocycles. The van der Waals surface area contributed by atoms with Gasteiger partial charge in [0.2, 0.25) is 0 Å². The fourth-order valence-corrected chi connectivity index (χ4v) is 5.36. The lowest BCUT2D eigenvalue weighted by Gasteiger charge is -2.36. The predicted octanol–water partition coefficient (Wildman–Crippen LogP) is 2.27. The Kier molecular flexibility index (Phi) is 5.36. The van der Waals surface area contributed by atoms with E-state index in [1.165, 1.54) is 10.9 Å². The lowest BCUT2D eigenvalue weighted by Crippen LogP contribution is -2.46. The molecule has 10 nitrogen and oxygen atoms in total. The van der Waals surface area contributed by atoms with Crippen LogP contribution in [-0.4, -0.2) is 37.9 Å². The highest BCUT2D eigenvalue weighted by molar-refractivity contribution is 7.48. The van der Waals surface area contributed by atoms with Gasteiger partial charge in [-0.15, -0.1) is 0 Å². The number of para-hydroxylation sites is 1. The van der Waals surface area contributed by atoms with Gasteiger partial charge in [-0.3, -0.25) is 9.05 Å². The molecule has 1 aromatic carbocycles. The summed E-state index contributed by atoms with van der Waals surface area (Å²) in [5.41, 5.74) is -2.38. The number of phosphoric acid groups is 1. The molecule has 1 aliphatic heterocycles. The lowest BCUT2D eigenvalue weighted by molar-refractivity contribution is -0.0107. The van der Waals surface area contributed by atoms with Gasteiger partial charge in [0, 0.05) is 0 Å². The van der Waals surface area contributed by atoms with Crippen molar-refractivity contribution in [1.82, 2.24) is 13.9 Å². The number of fused-ring (bicyclic) bond motifs is 3. The Balaban J connectivity index is 1.88. The molecule has 162 valence electrons. The molecule has 11 heteroatoms. The van der Waals surface area contributed by atoms with Gasteiger partial charge in [0.25, 0.3) is 0 Å². The van der Waals surface area contributed by atoms with Crippen molar-refractivity contribution in [2.24, 2.45) is 0 Å². The first-order valence-electron chi connectivity index (χ1n) is 9.89. The highest BCUT2D eigenvalue weighted by Crippen LogP contribution is 2.56. The molecule has 0 unspecified atom stereocenters. The summed E-state index contributed by atoms with van der Waals surface area (Å²) in [6, 6.07) is 7.77. The maximum absolute atomic E-state index is 13.1. The second-order valence-electron chi connectivity index (χ2n) is 7.12. The van der Waals surface area contributed by atoms with Gasteiger partial charge < -0.3 is 9.63 Å². The molecule has 0 bridgehead atoms. The van der Waals surface area contributed by atoms with Crippen molar-refractivity contribution in [3.05, 3.63) is 57.1 Å². The zero-order valence-corrected chi connectivity index (χ0v) is 17.7. The summed E-state index contributed by atoms with van der Waals surface area (Å²) in [6.07, 6.45) is 2.52. The number of aliphatic hydroxyl groups is 1. The van der Waals surface area contributed by atoms with E-state index in [2.05, 4.69) is 0 Å². The Bertz CT molecular complexity index is 1120. The van der Waals surface area contributed by atoms with Crippen molar-refractivity contribution in [2.75, 3.05) is 13.2 Å². The van der Waals surface area contributed by atoms with Crippen LogP contribution in [0.25, 0.3) is 11.9 Å². The monoisotopic (exact) mass is 437 g/mol. The molecular formula is C19H24N3O7P. The average molecular weight is 437 g/mol. The van der Waals surface area contributed by atoms with Crippen LogP contribution in [0.3, 0.4) is 0 Å². The van der Waals surface area contributed by atoms with Crippen molar-refractivity contribution in [3.8, 4) is 5.69 Å². The summed E-state index contributed by atoms with van der Waals surface area (Å²) in [6.45, 7) is 3.42. The highest BCUT2D eigenvalue weighted by Gasteiger charge is 2.53. The Morgan fingerprint density at radius 2 is 1.80 bits per heavy atom. The molecule has 2 aromatic rings. The van der Waals surface area contributed by atoms with Crippen LogP contribution in [0.2, 0.25) is 0 Å². The van der Waals surface area contributed by atoms with E-state index >= 15 is 0 Å². The standard InChI is InChI=1S/C19H24N3O7P/c1-3-27-30(26,28-4-2)29-16-13-20-17(23)21(14-9-6-5-7-10-14)18(24)22(20)15-11-8-12-19(15,16)25/h5-7,9-10,13,15,25H,3-4,8,11-12H2,1-2H3/t15-,19+/m0/s1. The Labute approximate surface area is 172 Å². The molecule has 1 aliphatic carbocycles. The number of phosphoric ester groups is 1. The smallest absolute Gasteiger partial charge is 0.404 e. The lowest BCUT2D eigenvalue weighted by atomic mass is 9.94. The summed E-state index contributed by atoms with van der Waals surface area (Å²) in [4.78, 5) is 26.2. The molecule has 2 aliphatic rings. The zero-order chi connectivity index (χ0) is 21.5. The van der Waals surface area contributed by atoms with Gasteiger partial charge in [-0.25, -0.2) is 28.1 Å². The maximum atomic E-state index is 13.1. The van der Waals surface area contributed by atoms with Crippen molar-refractivity contribution in [1.29, 1.82) is 0 Å². The Morgan fingerprint density at radius 1 is 1.13 bits per heavy atom. The summed E-state index contributed by atoms with van der Waals surface area (Å²) in [5, 5.41) is 11.4. The van der Waals surface area contributed by atoms with Crippen molar-refractivity contribution >= 4 is 14.0 Å². The largest absolute Gasteiger partial charge is 0.529 e. The summed E-state index contributed by atoms with van der Waals surface area (Å²) < 4.78 is 32.2. The minimum atomic E-state index is -4.01. The van der Waals surface area contributed by atoms with Gasteiger partial charge in [0.05, 0.1) is 31.1 Å². The first-order valence-corrected chi connectivity index (χ1v) is 11.4. The van der Waals surface area contributed by atoms with Crippen LogP contribution in [0.5, 0.6) is 0 Å². The SMILES string of the molecule is CCOP(=O)(OCC)OC1=Cn2c(=O)n(-c3ccccc3)c(=O)n2[C@H]2CCC[C@]12O. The van der Waals surface area contributed by atoms with E-state index in [-0.39, 0.29) is 25.4 Å². The molecule has 2 heterocycles. The number of hydrogen-bond donors (Lipinski definition) is 1. The predicted molar refractivity (Wildman–Crippen MR) is 108 cm³/mol. The first-order chi connectivity index (χ1) is 14.3. The molecule has 1 fully saturated rings. The van der Waals surface area contributed by atoms with E-state index in [9.17, 15) is 19.3 Å². The highest BCUT2D eigenvalue weighted by atomic mass is 31.2. The second kappa shape index (κ2) is 7.70. The molecule has 30 heavy (non-hydrogen) atoms. The van der Waals surface area contributed by atoms with Crippen LogP contribution in [0.1, 0.15) is 39.2 Å². The van der Waals surface area contributed by atoms with Gasteiger partial charge in [-0.1, -0.05) is 18.2 Å². The molecule has 1 saturated carbocycles. The third-order valence-electron chi connectivity index (χ3n) is 5.35. The van der Waals surface area contributed by atoms with E-state index < -0.39 is 30.8 Å². The van der Waals surface area contributed by atoms with Gasteiger partial charge >= 0.3 is 19.2 Å². The minimum absolute atomic E-state index is 0.0709. The van der Waals surface area contributed by atoms with Crippen LogP contribution >= 0.6 is 7.82 Å². The summed E-state index contributed by atoms with van der Waals surface area (Å²) >= 11 is 0. The van der Waals surface area contributed by atoms with Gasteiger partial charge in [0.15, 0.2) is 5.76 Å². The van der Waals surface area contributed by atoms with Crippen molar-refractivity contribution < 1.29 is 23.2 Å². The molecular weight excluding hydrogens is 413 g/mol. The first kappa shape index (κ1) is 20.9. The maximum Gasteiger partial charge on any atom is 0.529 e. The van der Waals surface area contributed by atoms with Crippen molar-refractivity contribution in [3.63, 3.8) is 0 Å². The van der Waals surface area contributed by atoms with Crippen molar-refractivity contribution in [2.45, 2.75) is 44.8 Å². The third kappa shape index (κ3) is 3.20. The second-order valence-corrected chi connectivity index (χ2v) is 8.72. The van der Waals surface area contributed by atoms with E-state index in [0.29, 0.717) is 18.5 Å². The van der Waals surface area contributed by atoms with E-state index in [1.54, 1.807) is 44.2 Å². The topological polar surface area (TPSA) is 114 Å². The van der Waals surface area contributed by atoms with E-state index in [0.717, 1.165) is 9.25 Å². The fraction of sp³-hybridized carbons (Fsp3) is 0.474. The summed E-state index contributed by atoms with van der Waals surface area (Å²) in [7, 11) is -4.01. The number of hydrogen-bond acceptors (Lipinski definition) is 7. The molecule has 4 rings (SSSR count). The average Bonchev–Trinajstić information content (AvgIpc) is 3.21. The molecule has 2 atom stereocenters. The number of benzene rings is 1. The molecule has 0 spiro atoms. The van der Waals surface area contributed by atoms with Gasteiger partial charge in [-0.2, -0.15) is 0 Å². The van der Waals surface area contributed by atoms with Crippen LogP contribution < -0.4 is 11.4 Å². The number of rotatable bonds is 7. The third-order valence-corrected chi connectivity index (χ3v) is 6.92. The quantitative estimate of drug-likeness (QED) is 0.661. The van der Waals surface area contributed by atoms with Crippen LogP contribution in [-0.2, 0) is 18.1 Å². The molecule has 1 aromatic heterocycles. The number of aromatic nitrogens is 3. The molecule has 0 amide bonds. The normalized spacial score (nSPS) is 23.0. The molecule has 1 N–H and O–H groups in total. The summed E-state index contributed by atoms with van der Waals surface area (Å²) in [5.74, 6) is -0.109. The Morgan fingerprint density at radius 3 is 2.43 bits per heavy atom. The van der Waals surface area contributed by atoms with Crippen LogP contribution in [0.4, 0.5) is 0 Å². The van der Waals surface area contributed by atoms with Crippen LogP contribution in [0, 0.1) is 0 Å². The van der Waals surface area contributed by atoms with E-state index in [4.69, 9.17) is 13.6 Å². The minimum Gasteiger partial charge on any atom is -0.404 e. The molecule has 0 radical (unpaired) electrons.